The van der Waals surface area contributed by atoms with Gasteiger partial charge in [-0.25, -0.2) is 0 Å². The lowest BCUT2D eigenvalue weighted by atomic mass is 9.79. The van der Waals surface area contributed by atoms with Crippen LogP contribution in [0.2, 0.25) is 0 Å². The van der Waals surface area contributed by atoms with E-state index in [0.717, 1.165) is 76.3 Å². The van der Waals surface area contributed by atoms with Gasteiger partial charge in [0.2, 0.25) is 5.91 Å². The number of ether oxygens (including phenoxy) is 1. The summed E-state index contributed by atoms with van der Waals surface area (Å²) in [5.41, 5.74) is 4.70. The van der Waals surface area contributed by atoms with Crippen LogP contribution >= 0.6 is 0 Å². The van der Waals surface area contributed by atoms with E-state index in [2.05, 4.69) is 67.9 Å². The molecule has 0 aliphatic carbocycles. The van der Waals surface area contributed by atoms with Gasteiger partial charge in [-0.3, -0.25) is 14.7 Å². The fraction of sp³-hybridized carbons (Fsp3) is 0.600. The molecule has 1 aromatic carbocycles. The number of benzene rings is 1. The molecule has 1 fully saturated rings. The minimum atomic E-state index is -0.0898. The molecule has 1 amide bonds. The van der Waals surface area contributed by atoms with Gasteiger partial charge in [0, 0.05) is 54.1 Å². The van der Waals surface area contributed by atoms with Gasteiger partial charge < -0.3 is 9.64 Å². The average molecular weight is 478 g/mol. The van der Waals surface area contributed by atoms with Gasteiger partial charge in [-0.05, 0) is 96.5 Å². The molecule has 0 radical (unpaired) electrons. The molecule has 190 valence electrons. The normalized spacial score (nSPS) is 23.4. The summed E-state index contributed by atoms with van der Waals surface area (Å²) in [6, 6.07) is 12.7. The number of fused-ring (bicyclic) bond motifs is 1. The van der Waals surface area contributed by atoms with Crippen LogP contribution in [-0.2, 0) is 21.5 Å². The molecule has 4 rings (SSSR count). The van der Waals surface area contributed by atoms with Crippen molar-refractivity contribution in [3.8, 4) is 0 Å². The van der Waals surface area contributed by atoms with Crippen molar-refractivity contribution in [3.63, 3.8) is 0 Å². The Morgan fingerprint density at radius 3 is 2.69 bits per heavy atom. The summed E-state index contributed by atoms with van der Waals surface area (Å²) in [5, 5.41) is 0. The number of para-hydroxylation sites is 1. The molecule has 5 heteroatoms. The molecule has 3 heterocycles. The maximum Gasteiger partial charge on any atom is 0.230 e. The highest BCUT2D eigenvalue weighted by atomic mass is 16.5. The predicted octanol–water partition coefficient (Wildman–Crippen LogP) is 5.75. The molecular weight excluding hydrogens is 434 g/mol. The van der Waals surface area contributed by atoms with Crippen LogP contribution in [0.4, 0.5) is 5.69 Å². The highest BCUT2D eigenvalue weighted by Crippen LogP contribution is 2.43. The van der Waals surface area contributed by atoms with Gasteiger partial charge in [-0.1, -0.05) is 24.3 Å². The lowest BCUT2D eigenvalue weighted by Gasteiger charge is -2.38. The van der Waals surface area contributed by atoms with Gasteiger partial charge in [0.05, 0.1) is 6.61 Å². The van der Waals surface area contributed by atoms with Crippen LogP contribution in [0.5, 0.6) is 0 Å². The van der Waals surface area contributed by atoms with Gasteiger partial charge in [-0.15, -0.1) is 0 Å². The number of hydrogen-bond acceptors (Lipinski definition) is 4. The first kappa shape index (κ1) is 25.8. The minimum Gasteiger partial charge on any atom is -0.381 e. The summed E-state index contributed by atoms with van der Waals surface area (Å²) in [5.74, 6) is 0.370. The monoisotopic (exact) mass is 477 g/mol. The first-order valence-electron chi connectivity index (χ1n) is 13.4. The zero-order valence-electron chi connectivity index (χ0n) is 22.3. The van der Waals surface area contributed by atoms with E-state index < -0.39 is 0 Å². The quantitative estimate of drug-likeness (QED) is 0.461. The van der Waals surface area contributed by atoms with Crippen molar-refractivity contribution in [2.45, 2.75) is 72.3 Å². The summed E-state index contributed by atoms with van der Waals surface area (Å²) in [7, 11) is 0. The summed E-state index contributed by atoms with van der Waals surface area (Å²) in [6.07, 6.45) is 6.99. The number of rotatable bonds is 9. The van der Waals surface area contributed by atoms with Gasteiger partial charge in [0.1, 0.15) is 0 Å². The second-order valence-electron chi connectivity index (χ2n) is 11.0. The third kappa shape index (κ3) is 5.46. The molecule has 1 saturated heterocycles. The molecule has 2 atom stereocenters. The fourth-order valence-corrected chi connectivity index (χ4v) is 5.99. The highest BCUT2D eigenvalue weighted by Gasteiger charge is 2.44. The number of carbonyl (C=O) groups is 1. The smallest absolute Gasteiger partial charge is 0.230 e. The minimum absolute atomic E-state index is 0.0733. The van der Waals surface area contributed by atoms with Crippen molar-refractivity contribution in [3.05, 3.63) is 59.4 Å². The van der Waals surface area contributed by atoms with E-state index in [1.807, 2.05) is 24.1 Å². The van der Waals surface area contributed by atoms with Crippen LogP contribution in [0.1, 0.15) is 70.2 Å². The largest absolute Gasteiger partial charge is 0.381 e. The Kier molecular flexibility index (Phi) is 7.97. The Bertz CT molecular complexity index is 1000. The molecule has 2 aliphatic rings. The third-order valence-corrected chi connectivity index (χ3v) is 8.46. The van der Waals surface area contributed by atoms with Crippen LogP contribution in [-0.4, -0.2) is 48.6 Å². The highest BCUT2D eigenvalue weighted by molar-refractivity contribution is 5.96. The topological polar surface area (TPSA) is 45.7 Å². The van der Waals surface area contributed by atoms with Crippen molar-refractivity contribution in [2.75, 3.05) is 37.7 Å². The fourth-order valence-electron chi connectivity index (χ4n) is 5.99. The Labute approximate surface area is 211 Å². The third-order valence-electron chi connectivity index (χ3n) is 8.46. The maximum absolute atomic E-state index is 13.6. The summed E-state index contributed by atoms with van der Waals surface area (Å²) < 4.78 is 6.05. The molecule has 0 spiro atoms. The second kappa shape index (κ2) is 10.8. The van der Waals surface area contributed by atoms with Crippen molar-refractivity contribution < 1.29 is 9.53 Å². The summed E-state index contributed by atoms with van der Waals surface area (Å²) in [4.78, 5) is 22.7. The first-order valence-corrected chi connectivity index (χ1v) is 13.4. The Morgan fingerprint density at radius 1 is 1.17 bits per heavy atom. The van der Waals surface area contributed by atoms with E-state index in [1.54, 1.807) is 0 Å². The van der Waals surface area contributed by atoms with Crippen LogP contribution in [0.15, 0.2) is 42.6 Å². The van der Waals surface area contributed by atoms with Gasteiger partial charge >= 0.3 is 0 Å². The number of carbonyl (C=O) groups excluding carboxylic acids is 1. The summed E-state index contributed by atoms with van der Waals surface area (Å²) in [6.45, 7) is 15.1. The predicted molar refractivity (Wildman–Crippen MR) is 143 cm³/mol. The first-order chi connectivity index (χ1) is 16.8. The molecule has 2 aliphatic heterocycles. The molecule has 5 nitrogen and oxygen atoms in total. The van der Waals surface area contributed by atoms with E-state index in [4.69, 9.17) is 4.74 Å². The number of aromatic nitrogens is 1. The SMILES string of the molecule is CCOCC1(CCC2CCc3ccccc3N(CC)C2=O)CCN(C(C)(C)c2ccc(C)nc2)C1. The lowest BCUT2D eigenvalue weighted by molar-refractivity contribution is -0.122. The number of anilines is 1. The second-order valence-corrected chi connectivity index (χ2v) is 11.0. The van der Waals surface area contributed by atoms with Gasteiger partial charge in [0.25, 0.3) is 0 Å². The van der Waals surface area contributed by atoms with E-state index in [0.29, 0.717) is 5.91 Å². The molecule has 1 aromatic heterocycles. The lowest BCUT2D eigenvalue weighted by Crippen LogP contribution is -2.42. The van der Waals surface area contributed by atoms with Gasteiger partial charge in [-0.2, -0.15) is 0 Å². The van der Waals surface area contributed by atoms with Crippen LogP contribution < -0.4 is 4.90 Å². The zero-order chi connectivity index (χ0) is 25.1. The number of nitrogens with zero attached hydrogens (tertiary/aromatic N) is 3. The molecule has 2 unspecified atom stereocenters. The van der Waals surface area contributed by atoms with Crippen molar-refractivity contribution in [1.82, 2.24) is 9.88 Å². The van der Waals surface area contributed by atoms with Crippen LogP contribution in [0, 0.1) is 18.3 Å². The van der Waals surface area contributed by atoms with E-state index >= 15 is 0 Å². The molecule has 0 bridgehead atoms. The Morgan fingerprint density at radius 2 is 1.97 bits per heavy atom. The number of hydrogen-bond donors (Lipinski definition) is 0. The Hall–Kier alpha value is -2.24. The van der Waals surface area contributed by atoms with E-state index in [-0.39, 0.29) is 16.9 Å². The van der Waals surface area contributed by atoms with Gasteiger partial charge in [0.15, 0.2) is 0 Å². The molecule has 35 heavy (non-hydrogen) atoms. The summed E-state index contributed by atoms with van der Waals surface area (Å²) >= 11 is 0. The molecule has 2 aromatic rings. The molecule has 0 N–H and O–H groups in total. The number of amides is 1. The number of aryl methyl sites for hydroxylation is 2. The maximum atomic E-state index is 13.6. The molecule has 0 saturated carbocycles. The standard InChI is InChI=1S/C30H43N3O2/c1-6-33-27-11-9-8-10-24(27)13-14-25(28(33)34)16-17-30(22-35-7-2)18-19-32(21-30)29(4,5)26-15-12-23(3)31-20-26/h8-12,15,20,25H,6-7,13-14,16-19,21-22H2,1-5H3. The zero-order valence-corrected chi connectivity index (χ0v) is 22.3. The number of likely N-dealkylation sites (tertiary alicyclic amines) is 1. The van der Waals surface area contributed by atoms with E-state index in [9.17, 15) is 4.79 Å². The van der Waals surface area contributed by atoms with Crippen molar-refractivity contribution >= 4 is 11.6 Å². The van der Waals surface area contributed by atoms with Crippen molar-refractivity contribution in [2.24, 2.45) is 11.3 Å². The van der Waals surface area contributed by atoms with Crippen molar-refractivity contribution in [1.29, 1.82) is 0 Å². The van der Waals surface area contributed by atoms with Crippen LogP contribution in [0.25, 0.3) is 0 Å². The van der Waals surface area contributed by atoms with E-state index in [1.165, 1.54) is 11.1 Å². The van der Waals surface area contributed by atoms with Crippen LogP contribution in [0.3, 0.4) is 0 Å². The average Bonchev–Trinajstić information content (AvgIpc) is 3.24. The number of pyridine rings is 1. The molecular formula is C30H43N3O2. The Balaban J connectivity index is 1.49.